The third kappa shape index (κ3) is 4.53. The number of epoxide rings is 1. The van der Waals surface area contributed by atoms with Crippen molar-refractivity contribution in [2.45, 2.75) is 63.7 Å². The number of rotatable bonds is 5. The molecule has 0 saturated carbocycles. The van der Waals surface area contributed by atoms with Gasteiger partial charge in [-0.15, -0.1) is 0 Å². The summed E-state index contributed by atoms with van der Waals surface area (Å²) in [6.07, 6.45) is -0.548. The van der Waals surface area contributed by atoms with Gasteiger partial charge in [0.05, 0.1) is 19.0 Å². The third-order valence-electron chi connectivity index (χ3n) is 4.41. The Morgan fingerprint density at radius 3 is 2.65 bits per heavy atom. The lowest BCUT2D eigenvalue weighted by molar-refractivity contribution is -0.145. The molecule has 3 unspecified atom stereocenters. The molecule has 0 radical (unpaired) electrons. The molecule has 1 amide bonds. The van der Waals surface area contributed by atoms with Gasteiger partial charge in [0.25, 0.3) is 0 Å². The van der Waals surface area contributed by atoms with E-state index >= 15 is 0 Å². The zero-order valence-electron chi connectivity index (χ0n) is 15.4. The van der Waals surface area contributed by atoms with E-state index in [0.29, 0.717) is 6.54 Å². The van der Waals surface area contributed by atoms with Crippen molar-refractivity contribution in [2.24, 2.45) is 5.73 Å². The van der Waals surface area contributed by atoms with Crippen molar-refractivity contribution in [3.05, 3.63) is 35.9 Å². The van der Waals surface area contributed by atoms with Crippen LogP contribution in [0.4, 0.5) is 4.79 Å². The Morgan fingerprint density at radius 2 is 2.00 bits per heavy atom. The molecule has 0 bridgehead atoms. The summed E-state index contributed by atoms with van der Waals surface area (Å²) in [5.41, 5.74) is 6.55. The molecule has 0 aliphatic carbocycles. The van der Waals surface area contributed by atoms with Gasteiger partial charge in [0.15, 0.2) is 0 Å². The molecule has 3 rings (SSSR count). The van der Waals surface area contributed by atoms with Crippen LogP contribution in [0.5, 0.6) is 0 Å². The normalized spacial score (nSPS) is 25.4. The van der Waals surface area contributed by atoms with Crippen LogP contribution < -0.4 is 5.73 Å². The van der Waals surface area contributed by atoms with Gasteiger partial charge in [-0.25, -0.2) is 4.79 Å². The van der Waals surface area contributed by atoms with Crippen molar-refractivity contribution in [1.29, 1.82) is 0 Å². The number of carbonyl (C=O) groups excluding carboxylic acids is 2. The van der Waals surface area contributed by atoms with Gasteiger partial charge in [-0.3, -0.25) is 9.69 Å². The maximum Gasteiger partial charge on any atom is 0.410 e. The summed E-state index contributed by atoms with van der Waals surface area (Å²) in [5, 5.41) is 0. The second kappa shape index (κ2) is 7.25. The first-order chi connectivity index (χ1) is 12.2. The molecule has 7 heteroatoms. The van der Waals surface area contributed by atoms with Crippen LogP contribution in [0.25, 0.3) is 0 Å². The Hall–Kier alpha value is -2.12. The van der Waals surface area contributed by atoms with Crippen LogP contribution in [0, 0.1) is 0 Å². The van der Waals surface area contributed by atoms with E-state index < -0.39 is 23.7 Å². The first kappa shape index (κ1) is 18.7. The number of carbonyl (C=O) groups is 2. The van der Waals surface area contributed by atoms with Crippen LogP contribution in [0.15, 0.2) is 30.3 Å². The van der Waals surface area contributed by atoms with Crippen LogP contribution in [-0.2, 0) is 25.6 Å². The van der Waals surface area contributed by atoms with Crippen molar-refractivity contribution in [2.75, 3.05) is 6.54 Å². The number of likely N-dealkylation sites (tertiary alicyclic amines) is 1. The number of amides is 1. The average molecular weight is 362 g/mol. The molecule has 2 fully saturated rings. The average Bonchev–Trinajstić information content (AvgIpc) is 3.22. The van der Waals surface area contributed by atoms with Crippen molar-refractivity contribution in [1.82, 2.24) is 4.90 Å². The number of hydrogen-bond donors (Lipinski definition) is 1. The zero-order chi connectivity index (χ0) is 18.9. The number of nitrogens with two attached hydrogens (primary N) is 1. The molecular weight excluding hydrogens is 336 g/mol. The van der Waals surface area contributed by atoms with E-state index in [0.717, 1.165) is 5.56 Å². The van der Waals surface area contributed by atoms with Gasteiger partial charge in [-0.05, 0) is 26.3 Å². The molecule has 2 aliphatic rings. The van der Waals surface area contributed by atoms with E-state index in [2.05, 4.69) is 0 Å². The van der Waals surface area contributed by atoms with E-state index in [9.17, 15) is 9.59 Å². The molecule has 7 nitrogen and oxygen atoms in total. The highest BCUT2D eigenvalue weighted by Crippen LogP contribution is 2.39. The number of benzene rings is 1. The summed E-state index contributed by atoms with van der Waals surface area (Å²) in [5.74, 6) is -0.394. The Labute approximate surface area is 153 Å². The molecule has 2 N–H and O–H groups in total. The van der Waals surface area contributed by atoms with Crippen molar-refractivity contribution in [3.63, 3.8) is 0 Å². The summed E-state index contributed by atoms with van der Waals surface area (Å²) in [7, 11) is 0. The molecule has 4 atom stereocenters. The fourth-order valence-electron chi connectivity index (χ4n) is 3.20. The van der Waals surface area contributed by atoms with E-state index in [1.165, 1.54) is 0 Å². The van der Waals surface area contributed by atoms with E-state index in [-0.39, 0.29) is 31.3 Å². The van der Waals surface area contributed by atoms with Crippen molar-refractivity contribution in [3.8, 4) is 0 Å². The molecule has 26 heavy (non-hydrogen) atoms. The predicted molar refractivity (Wildman–Crippen MR) is 94.2 cm³/mol. The standard InChI is InChI=1S/C19H26N2O5/c1-19(2,3)26-18(23)21-10-14-17(25-14)16(21)13(20)9-15(22)24-11-12-7-5-4-6-8-12/h4-8,13-14,16-17H,9-11,20H2,1-3H3/t13?,14?,16-,17?/m1/s1. The monoisotopic (exact) mass is 362 g/mol. The number of esters is 1. The Kier molecular flexibility index (Phi) is 5.20. The number of morpholine rings is 1. The molecule has 142 valence electrons. The van der Waals surface area contributed by atoms with Crippen LogP contribution in [0.3, 0.4) is 0 Å². The lowest BCUT2D eigenvalue weighted by Crippen LogP contribution is -2.52. The highest BCUT2D eigenvalue weighted by molar-refractivity contribution is 5.72. The van der Waals surface area contributed by atoms with Gasteiger partial charge >= 0.3 is 12.1 Å². The lowest BCUT2D eigenvalue weighted by atomic mass is 10.0. The van der Waals surface area contributed by atoms with Gasteiger partial charge in [0.2, 0.25) is 0 Å². The smallest absolute Gasteiger partial charge is 0.410 e. The second-order valence-corrected chi connectivity index (χ2v) is 7.78. The van der Waals surface area contributed by atoms with E-state index in [1.807, 2.05) is 51.1 Å². The summed E-state index contributed by atoms with van der Waals surface area (Å²) in [4.78, 5) is 26.1. The number of nitrogens with zero attached hydrogens (tertiary/aromatic N) is 1. The molecule has 1 aromatic rings. The largest absolute Gasteiger partial charge is 0.461 e. The third-order valence-corrected chi connectivity index (χ3v) is 4.41. The fourth-order valence-corrected chi connectivity index (χ4v) is 3.20. The second-order valence-electron chi connectivity index (χ2n) is 7.78. The van der Waals surface area contributed by atoms with Crippen molar-refractivity contribution < 1.29 is 23.8 Å². The van der Waals surface area contributed by atoms with Crippen molar-refractivity contribution >= 4 is 12.1 Å². The van der Waals surface area contributed by atoms with Crippen LogP contribution in [-0.4, -0.2) is 53.4 Å². The maximum absolute atomic E-state index is 12.4. The highest BCUT2D eigenvalue weighted by Gasteiger charge is 2.58. The zero-order valence-corrected chi connectivity index (χ0v) is 15.4. The Bertz CT molecular complexity index is 658. The topological polar surface area (TPSA) is 94.4 Å². The highest BCUT2D eigenvalue weighted by atomic mass is 16.6. The minimum atomic E-state index is -0.589. The Balaban J connectivity index is 1.54. The SMILES string of the molecule is CC(C)(C)OC(=O)N1CC2OC2[C@H]1C(N)CC(=O)OCc1ccccc1. The first-order valence-electron chi connectivity index (χ1n) is 8.85. The predicted octanol–water partition coefficient (Wildman–Crippen LogP) is 1.83. The summed E-state index contributed by atoms with van der Waals surface area (Å²) >= 11 is 0. The molecule has 1 aromatic carbocycles. The lowest BCUT2D eigenvalue weighted by Gasteiger charge is -2.32. The van der Waals surface area contributed by atoms with Gasteiger partial charge in [0, 0.05) is 6.04 Å². The van der Waals surface area contributed by atoms with Crippen LogP contribution >= 0.6 is 0 Å². The van der Waals surface area contributed by atoms with Gasteiger partial charge < -0.3 is 19.9 Å². The molecule has 2 saturated heterocycles. The Morgan fingerprint density at radius 1 is 1.31 bits per heavy atom. The van der Waals surface area contributed by atoms with Gasteiger partial charge in [-0.2, -0.15) is 0 Å². The maximum atomic E-state index is 12.4. The fraction of sp³-hybridized carbons (Fsp3) is 0.579. The van der Waals surface area contributed by atoms with Gasteiger partial charge in [-0.1, -0.05) is 30.3 Å². The molecule has 2 aliphatic heterocycles. The van der Waals surface area contributed by atoms with Crippen LogP contribution in [0.1, 0.15) is 32.8 Å². The first-order valence-corrected chi connectivity index (χ1v) is 8.85. The van der Waals surface area contributed by atoms with E-state index in [4.69, 9.17) is 19.9 Å². The molecule has 2 heterocycles. The molecule has 0 spiro atoms. The van der Waals surface area contributed by atoms with Gasteiger partial charge in [0.1, 0.15) is 24.4 Å². The summed E-state index contributed by atoms with van der Waals surface area (Å²) in [6.45, 7) is 6.09. The quantitative estimate of drug-likeness (QED) is 0.634. The van der Waals surface area contributed by atoms with Crippen LogP contribution in [0.2, 0.25) is 0 Å². The minimum Gasteiger partial charge on any atom is -0.461 e. The number of fused-ring (bicyclic) bond motifs is 1. The summed E-state index contributed by atoms with van der Waals surface area (Å²) in [6, 6.07) is 8.50. The minimum absolute atomic E-state index is 0.0149. The number of hydrogen-bond acceptors (Lipinski definition) is 6. The molecular formula is C19H26N2O5. The number of ether oxygens (including phenoxy) is 3. The summed E-state index contributed by atoms with van der Waals surface area (Å²) < 4.78 is 16.3. The van der Waals surface area contributed by atoms with E-state index in [1.54, 1.807) is 4.90 Å². The molecule has 0 aromatic heterocycles.